The highest BCUT2D eigenvalue weighted by atomic mass is 19.3. The predicted molar refractivity (Wildman–Crippen MR) is 204 cm³/mol. The molecule has 5 aromatic rings. The molecular formula is C43H45F3N6O2. The van der Waals surface area contributed by atoms with Gasteiger partial charge in [-0.25, -0.2) is 13.2 Å². The van der Waals surface area contributed by atoms with E-state index in [0.29, 0.717) is 53.6 Å². The molecule has 8 nitrogen and oxygen atoms in total. The number of nitrogens with one attached hydrogen (secondary N) is 2. The Morgan fingerprint density at radius 2 is 1.72 bits per heavy atom. The van der Waals surface area contributed by atoms with Crippen LogP contribution in [0.3, 0.4) is 0 Å². The summed E-state index contributed by atoms with van der Waals surface area (Å²) in [4.78, 5) is 31.5. The number of likely N-dealkylation sites (tertiary alicyclic amines) is 1. The van der Waals surface area contributed by atoms with E-state index in [1.54, 1.807) is 25.3 Å². The fraction of sp³-hybridized carbons (Fsp3) is 0.372. The number of carbonyl (C=O) groups is 2. The number of hydrogen-bond donors (Lipinski definition) is 2. The van der Waals surface area contributed by atoms with Gasteiger partial charge in [0, 0.05) is 46.6 Å². The van der Waals surface area contributed by atoms with Crippen LogP contribution >= 0.6 is 0 Å². The quantitative estimate of drug-likeness (QED) is 0.146. The number of nitrogens with zero attached hydrogens (tertiary/aromatic N) is 4. The van der Waals surface area contributed by atoms with Crippen LogP contribution in [0.15, 0.2) is 66.9 Å². The SMILES string of the molecule is Cc1cc([C@@]2(C)CCC(=O)NC2=O)ccc1C1CCN(Cc2cc(-c3cc4c(N[C@H](C)c5cccc(C(F)F)c5C)nnc(C)c4cn3)ccc2F)CC1. The maximum atomic E-state index is 15.3. The molecule has 3 aromatic carbocycles. The van der Waals surface area contributed by atoms with E-state index in [2.05, 4.69) is 44.8 Å². The number of imide groups is 1. The lowest BCUT2D eigenvalue weighted by molar-refractivity contribution is -0.137. The summed E-state index contributed by atoms with van der Waals surface area (Å²) in [6, 6.07) is 17.9. The van der Waals surface area contributed by atoms with Gasteiger partial charge in [0.2, 0.25) is 11.8 Å². The molecule has 0 radical (unpaired) electrons. The summed E-state index contributed by atoms with van der Waals surface area (Å²) in [5, 5.41) is 16.2. The molecule has 0 spiro atoms. The van der Waals surface area contributed by atoms with Crippen molar-refractivity contribution in [2.45, 2.75) is 90.6 Å². The summed E-state index contributed by atoms with van der Waals surface area (Å²) < 4.78 is 42.6. The van der Waals surface area contributed by atoms with Gasteiger partial charge in [-0.1, -0.05) is 36.4 Å². The van der Waals surface area contributed by atoms with Crippen LogP contribution in [0.5, 0.6) is 0 Å². The highest BCUT2D eigenvalue weighted by Gasteiger charge is 2.40. The average Bonchev–Trinajstić information content (AvgIpc) is 3.15. The Morgan fingerprint density at radius 3 is 2.44 bits per heavy atom. The largest absolute Gasteiger partial charge is 0.362 e. The van der Waals surface area contributed by atoms with Crippen LogP contribution in [0.4, 0.5) is 19.0 Å². The zero-order valence-corrected chi connectivity index (χ0v) is 31.3. The summed E-state index contributed by atoms with van der Waals surface area (Å²) in [5.41, 5.74) is 6.64. The molecule has 11 heteroatoms. The third-order valence-electron chi connectivity index (χ3n) is 11.6. The van der Waals surface area contributed by atoms with Crippen LogP contribution in [-0.2, 0) is 21.5 Å². The molecule has 2 fully saturated rings. The van der Waals surface area contributed by atoms with Crippen LogP contribution in [0.1, 0.15) is 103 Å². The van der Waals surface area contributed by atoms with E-state index in [1.165, 1.54) is 17.7 Å². The van der Waals surface area contributed by atoms with Crippen molar-refractivity contribution >= 4 is 28.4 Å². The molecule has 4 heterocycles. The third-order valence-corrected chi connectivity index (χ3v) is 11.6. The molecule has 280 valence electrons. The normalized spacial score (nSPS) is 19.0. The molecule has 2 aliphatic rings. The Kier molecular flexibility index (Phi) is 10.3. The summed E-state index contributed by atoms with van der Waals surface area (Å²) in [5.74, 6) is 0.139. The van der Waals surface area contributed by atoms with Gasteiger partial charge < -0.3 is 5.32 Å². The molecule has 7 rings (SSSR count). The molecule has 2 atom stereocenters. The van der Waals surface area contributed by atoms with Crippen molar-refractivity contribution in [3.63, 3.8) is 0 Å². The summed E-state index contributed by atoms with van der Waals surface area (Å²) in [7, 11) is 0. The van der Waals surface area contributed by atoms with Crippen LogP contribution < -0.4 is 10.6 Å². The van der Waals surface area contributed by atoms with E-state index in [0.717, 1.165) is 59.0 Å². The maximum absolute atomic E-state index is 15.3. The maximum Gasteiger partial charge on any atom is 0.264 e. The highest BCUT2D eigenvalue weighted by molar-refractivity contribution is 6.03. The molecule has 2 N–H and O–H groups in total. The number of rotatable bonds is 9. The zero-order valence-electron chi connectivity index (χ0n) is 31.3. The molecule has 2 aliphatic heterocycles. The number of aryl methyl sites for hydroxylation is 2. The fourth-order valence-electron chi connectivity index (χ4n) is 8.15. The van der Waals surface area contributed by atoms with Crippen molar-refractivity contribution < 1.29 is 22.8 Å². The molecule has 54 heavy (non-hydrogen) atoms. The molecule has 0 saturated carbocycles. The van der Waals surface area contributed by atoms with Crippen LogP contribution in [0.25, 0.3) is 22.0 Å². The van der Waals surface area contributed by atoms with Crippen LogP contribution in [0.2, 0.25) is 0 Å². The van der Waals surface area contributed by atoms with Crippen molar-refractivity contribution in [3.05, 3.63) is 117 Å². The first kappa shape index (κ1) is 37.2. The van der Waals surface area contributed by atoms with Gasteiger partial charge in [-0.2, -0.15) is 5.10 Å². The first-order valence-electron chi connectivity index (χ1n) is 18.6. The Hall–Kier alpha value is -5.16. The number of fused-ring (bicyclic) bond motifs is 1. The van der Waals surface area contributed by atoms with Crippen molar-refractivity contribution in [3.8, 4) is 11.3 Å². The molecule has 2 aromatic heterocycles. The van der Waals surface area contributed by atoms with E-state index in [-0.39, 0.29) is 29.2 Å². The molecule has 2 amide bonds. The number of carbonyl (C=O) groups excluding carboxylic acids is 2. The Bertz CT molecular complexity index is 2250. The number of anilines is 1. The predicted octanol–water partition coefficient (Wildman–Crippen LogP) is 8.94. The number of pyridine rings is 1. The second kappa shape index (κ2) is 14.9. The second-order valence-electron chi connectivity index (χ2n) is 15.1. The molecular weight excluding hydrogens is 690 g/mol. The van der Waals surface area contributed by atoms with Gasteiger partial charge in [0.05, 0.1) is 22.8 Å². The number of amides is 2. The van der Waals surface area contributed by atoms with Gasteiger partial charge >= 0.3 is 0 Å². The van der Waals surface area contributed by atoms with Gasteiger partial charge in [-0.3, -0.25) is 24.8 Å². The molecule has 0 unspecified atom stereocenters. The van der Waals surface area contributed by atoms with E-state index in [1.807, 2.05) is 45.0 Å². The van der Waals surface area contributed by atoms with E-state index in [9.17, 15) is 18.4 Å². The fourth-order valence-corrected chi connectivity index (χ4v) is 8.15. The lowest BCUT2D eigenvalue weighted by Gasteiger charge is -2.35. The van der Waals surface area contributed by atoms with E-state index in [4.69, 9.17) is 4.98 Å². The monoisotopic (exact) mass is 734 g/mol. The van der Waals surface area contributed by atoms with Gasteiger partial charge in [0.15, 0.2) is 5.82 Å². The van der Waals surface area contributed by atoms with Crippen molar-refractivity contribution in [1.29, 1.82) is 0 Å². The minimum absolute atomic E-state index is 0.00639. The third kappa shape index (κ3) is 7.21. The lowest BCUT2D eigenvalue weighted by Crippen LogP contribution is -2.49. The van der Waals surface area contributed by atoms with Gasteiger partial charge in [-0.15, -0.1) is 5.10 Å². The molecule has 0 aliphatic carbocycles. The average molecular weight is 735 g/mol. The smallest absolute Gasteiger partial charge is 0.264 e. The highest BCUT2D eigenvalue weighted by Crippen LogP contribution is 2.37. The van der Waals surface area contributed by atoms with E-state index >= 15 is 4.39 Å². The van der Waals surface area contributed by atoms with Gasteiger partial charge in [0.1, 0.15) is 5.82 Å². The number of piperidine rings is 2. The lowest BCUT2D eigenvalue weighted by atomic mass is 9.74. The minimum atomic E-state index is -2.57. The zero-order chi connectivity index (χ0) is 38.3. The number of alkyl halides is 2. The Balaban J connectivity index is 1.06. The number of benzene rings is 3. The Morgan fingerprint density at radius 1 is 0.963 bits per heavy atom. The Labute approximate surface area is 313 Å². The number of hydrogen-bond acceptors (Lipinski definition) is 7. The summed E-state index contributed by atoms with van der Waals surface area (Å²) in [6.45, 7) is 11.6. The number of halogens is 3. The number of aromatic nitrogens is 3. The van der Waals surface area contributed by atoms with E-state index < -0.39 is 11.8 Å². The minimum Gasteiger partial charge on any atom is -0.362 e. The van der Waals surface area contributed by atoms with Crippen LogP contribution in [-0.4, -0.2) is 45.0 Å². The van der Waals surface area contributed by atoms with Crippen molar-refractivity contribution in [2.75, 3.05) is 18.4 Å². The summed E-state index contributed by atoms with van der Waals surface area (Å²) >= 11 is 0. The topological polar surface area (TPSA) is 100 Å². The van der Waals surface area contributed by atoms with Gasteiger partial charge in [0.25, 0.3) is 6.43 Å². The van der Waals surface area contributed by atoms with Crippen molar-refractivity contribution in [1.82, 2.24) is 25.4 Å². The molecule has 0 bridgehead atoms. The summed E-state index contributed by atoms with van der Waals surface area (Å²) in [6.07, 6.45) is 1.88. The first-order chi connectivity index (χ1) is 25.8. The standard InChI is InChI=1S/C43H45F3N6O2/c1-24-19-31(43(5)16-13-39(53)49-42(43)54)10-11-32(24)28-14-17-52(18-15-28)23-30-20-29(9-12-37(30)44)38-21-35-36(22-47-38)27(4)50-51-41(35)48-26(3)33-7-6-8-34(25(33)2)40(45)46/h6-12,19-22,26,28,40H,13-18,23H2,1-5H3,(H,48,51)(H,49,53,54)/t26-,43-/m1/s1. The molecule has 2 saturated heterocycles. The van der Waals surface area contributed by atoms with Crippen LogP contribution in [0, 0.1) is 26.6 Å². The van der Waals surface area contributed by atoms with Crippen molar-refractivity contribution in [2.24, 2.45) is 0 Å². The second-order valence-corrected chi connectivity index (χ2v) is 15.1. The first-order valence-corrected chi connectivity index (χ1v) is 18.6. The van der Waals surface area contributed by atoms with Gasteiger partial charge in [-0.05, 0) is 125 Å².